The summed E-state index contributed by atoms with van der Waals surface area (Å²) in [5.41, 5.74) is -0.451. The fourth-order valence-corrected chi connectivity index (χ4v) is 1.88. The van der Waals surface area contributed by atoms with Crippen LogP contribution in [0.1, 0.15) is 33.6 Å². The van der Waals surface area contributed by atoms with Crippen molar-refractivity contribution in [3.8, 4) is 0 Å². The number of hydrogen-bond donors (Lipinski definition) is 2. The molecule has 20 heavy (non-hydrogen) atoms. The quantitative estimate of drug-likeness (QED) is 0.670. The van der Waals surface area contributed by atoms with Crippen molar-refractivity contribution in [3.05, 3.63) is 12.2 Å². The van der Waals surface area contributed by atoms with E-state index in [-0.39, 0.29) is 6.09 Å². The highest BCUT2D eigenvalue weighted by atomic mass is 16.6. The van der Waals surface area contributed by atoms with Crippen molar-refractivity contribution >= 4 is 6.09 Å². The van der Waals surface area contributed by atoms with E-state index in [2.05, 4.69) is 10.6 Å². The maximum atomic E-state index is 11.4. The SMILES string of the molecule is COCC(NC/C=C/CNC(=O)OC(C)(C)C)C1CC1. The molecule has 0 spiro atoms. The van der Waals surface area contributed by atoms with Crippen molar-refractivity contribution in [2.45, 2.75) is 45.3 Å². The lowest BCUT2D eigenvalue weighted by atomic mass is 10.2. The van der Waals surface area contributed by atoms with Crippen molar-refractivity contribution in [2.75, 3.05) is 26.8 Å². The lowest BCUT2D eigenvalue weighted by molar-refractivity contribution is 0.0534. The van der Waals surface area contributed by atoms with Crippen molar-refractivity contribution < 1.29 is 14.3 Å². The highest BCUT2D eigenvalue weighted by molar-refractivity contribution is 5.67. The molecule has 1 fully saturated rings. The first kappa shape index (κ1) is 17.0. The van der Waals surface area contributed by atoms with E-state index >= 15 is 0 Å². The maximum Gasteiger partial charge on any atom is 0.407 e. The van der Waals surface area contributed by atoms with Crippen molar-refractivity contribution in [3.63, 3.8) is 0 Å². The maximum absolute atomic E-state index is 11.4. The summed E-state index contributed by atoms with van der Waals surface area (Å²) in [6.07, 6.45) is 6.15. The lowest BCUT2D eigenvalue weighted by Crippen LogP contribution is -2.35. The minimum Gasteiger partial charge on any atom is -0.444 e. The Morgan fingerprint density at radius 3 is 2.50 bits per heavy atom. The minimum atomic E-state index is -0.451. The largest absolute Gasteiger partial charge is 0.444 e. The molecule has 1 aliphatic carbocycles. The molecule has 0 radical (unpaired) electrons. The Bertz CT molecular complexity index is 320. The molecule has 1 amide bonds. The first-order valence-electron chi connectivity index (χ1n) is 7.26. The van der Waals surface area contributed by atoms with Gasteiger partial charge < -0.3 is 20.1 Å². The second-order valence-corrected chi connectivity index (χ2v) is 6.16. The number of methoxy groups -OCH3 is 1. The molecular formula is C15H28N2O3. The summed E-state index contributed by atoms with van der Waals surface area (Å²) in [7, 11) is 1.73. The summed E-state index contributed by atoms with van der Waals surface area (Å²) < 4.78 is 10.3. The summed E-state index contributed by atoms with van der Waals surface area (Å²) in [6.45, 7) is 7.57. The van der Waals surface area contributed by atoms with Gasteiger partial charge in [0.25, 0.3) is 0 Å². The summed E-state index contributed by atoms with van der Waals surface area (Å²) >= 11 is 0. The number of carbonyl (C=O) groups is 1. The van der Waals surface area contributed by atoms with Gasteiger partial charge in [0.2, 0.25) is 0 Å². The molecule has 1 unspecified atom stereocenters. The van der Waals surface area contributed by atoms with E-state index in [1.807, 2.05) is 32.9 Å². The van der Waals surface area contributed by atoms with Crippen LogP contribution in [0.4, 0.5) is 4.79 Å². The molecular weight excluding hydrogens is 256 g/mol. The molecule has 5 heteroatoms. The normalized spacial score (nSPS) is 17.2. The number of nitrogens with one attached hydrogen (secondary N) is 2. The van der Waals surface area contributed by atoms with Crippen LogP contribution in [0.2, 0.25) is 0 Å². The molecule has 116 valence electrons. The third-order valence-electron chi connectivity index (χ3n) is 2.96. The van der Waals surface area contributed by atoms with E-state index in [1.54, 1.807) is 7.11 Å². The highest BCUT2D eigenvalue weighted by Gasteiger charge is 2.30. The van der Waals surface area contributed by atoms with Gasteiger partial charge in [-0.25, -0.2) is 4.79 Å². The Morgan fingerprint density at radius 1 is 1.30 bits per heavy atom. The van der Waals surface area contributed by atoms with Crippen LogP contribution < -0.4 is 10.6 Å². The summed E-state index contributed by atoms with van der Waals surface area (Å²) in [6, 6.07) is 0.448. The molecule has 1 saturated carbocycles. The average molecular weight is 284 g/mol. The fraction of sp³-hybridized carbons (Fsp3) is 0.800. The van der Waals surface area contributed by atoms with Crippen molar-refractivity contribution in [2.24, 2.45) is 5.92 Å². The van der Waals surface area contributed by atoms with Gasteiger partial charge in [-0.05, 0) is 39.5 Å². The molecule has 0 aromatic rings. The number of alkyl carbamates (subject to hydrolysis) is 1. The molecule has 0 bridgehead atoms. The van der Waals surface area contributed by atoms with Crippen LogP contribution in [0.25, 0.3) is 0 Å². The zero-order valence-corrected chi connectivity index (χ0v) is 13.1. The van der Waals surface area contributed by atoms with Gasteiger partial charge in [0, 0.05) is 26.2 Å². The molecule has 1 atom stereocenters. The molecule has 2 N–H and O–H groups in total. The standard InChI is InChI=1S/C15H28N2O3/c1-15(2,3)20-14(18)17-10-6-5-9-16-13(11-19-4)12-7-8-12/h5-6,12-13,16H,7-11H2,1-4H3,(H,17,18)/b6-5+. The Morgan fingerprint density at radius 2 is 1.95 bits per heavy atom. The van der Waals surface area contributed by atoms with Gasteiger partial charge in [-0.1, -0.05) is 12.2 Å². The van der Waals surface area contributed by atoms with Crippen molar-refractivity contribution in [1.82, 2.24) is 10.6 Å². The summed E-state index contributed by atoms with van der Waals surface area (Å²) in [4.78, 5) is 11.4. The van der Waals surface area contributed by atoms with Crippen LogP contribution in [0.5, 0.6) is 0 Å². The van der Waals surface area contributed by atoms with Gasteiger partial charge in [-0.3, -0.25) is 0 Å². The van der Waals surface area contributed by atoms with Crippen LogP contribution in [0.3, 0.4) is 0 Å². The monoisotopic (exact) mass is 284 g/mol. The Hall–Kier alpha value is -1.07. The Balaban J connectivity index is 2.08. The molecule has 0 saturated heterocycles. The van der Waals surface area contributed by atoms with Gasteiger partial charge in [-0.15, -0.1) is 0 Å². The number of hydrogen-bond acceptors (Lipinski definition) is 4. The molecule has 1 rings (SSSR count). The topological polar surface area (TPSA) is 59.6 Å². The minimum absolute atomic E-state index is 0.384. The van der Waals surface area contributed by atoms with Gasteiger partial charge in [0.15, 0.2) is 0 Å². The predicted molar refractivity (Wildman–Crippen MR) is 79.8 cm³/mol. The van der Waals surface area contributed by atoms with E-state index in [0.29, 0.717) is 12.6 Å². The van der Waals surface area contributed by atoms with Gasteiger partial charge >= 0.3 is 6.09 Å². The van der Waals surface area contributed by atoms with Crippen molar-refractivity contribution in [1.29, 1.82) is 0 Å². The van der Waals surface area contributed by atoms with Crippen LogP contribution >= 0.6 is 0 Å². The summed E-state index contributed by atoms with van der Waals surface area (Å²) in [5.74, 6) is 0.767. The Labute approximate surface area is 122 Å². The lowest BCUT2D eigenvalue weighted by Gasteiger charge is -2.19. The number of rotatable bonds is 8. The summed E-state index contributed by atoms with van der Waals surface area (Å²) in [5, 5.41) is 6.14. The molecule has 0 aromatic carbocycles. The third-order valence-corrected chi connectivity index (χ3v) is 2.96. The highest BCUT2D eigenvalue weighted by Crippen LogP contribution is 2.32. The van der Waals surface area contributed by atoms with E-state index in [1.165, 1.54) is 12.8 Å². The number of amides is 1. The van der Waals surface area contributed by atoms with Gasteiger partial charge in [-0.2, -0.15) is 0 Å². The molecule has 0 heterocycles. The van der Waals surface area contributed by atoms with Crippen LogP contribution in [0.15, 0.2) is 12.2 Å². The number of ether oxygens (including phenoxy) is 2. The first-order valence-corrected chi connectivity index (χ1v) is 7.26. The molecule has 0 aliphatic heterocycles. The molecule has 5 nitrogen and oxygen atoms in total. The first-order chi connectivity index (χ1) is 9.42. The Kier molecular flexibility index (Phi) is 7.02. The van der Waals surface area contributed by atoms with E-state index < -0.39 is 5.60 Å². The third kappa shape index (κ3) is 8.17. The second kappa shape index (κ2) is 8.27. The second-order valence-electron chi connectivity index (χ2n) is 6.16. The molecule has 0 aromatic heterocycles. The van der Waals surface area contributed by atoms with E-state index in [9.17, 15) is 4.79 Å². The van der Waals surface area contributed by atoms with Gasteiger partial charge in [0.1, 0.15) is 5.60 Å². The van der Waals surface area contributed by atoms with Gasteiger partial charge in [0.05, 0.1) is 6.61 Å². The van der Waals surface area contributed by atoms with E-state index in [4.69, 9.17) is 9.47 Å². The van der Waals surface area contributed by atoms with E-state index in [0.717, 1.165) is 19.1 Å². The van der Waals surface area contributed by atoms with Crippen LogP contribution in [-0.2, 0) is 9.47 Å². The van der Waals surface area contributed by atoms with Crippen LogP contribution in [-0.4, -0.2) is 44.5 Å². The molecule has 1 aliphatic rings. The van der Waals surface area contributed by atoms with Crippen LogP contribution in [0, 0.1) is 5.92 Å². The smallest absolute Gasteiger partial charge is 0.407 e. The predicted octanol–water partition coefficient (Wildman–Crippen LogP) is 2.08. The number of carbonyl (C=O) groups excluding carboxylic acids is 1. The zero-order valence-electron chi connectivity index (χ0n) is 13.1. The fourth-order valence-electron chi connectivity index (χ4n) is 1.88. The average Bonchev–Trinajstić information content (AvgIpc) is 3.13. The zero-order chi connectivity index (χ0) is 15.0.